The van der Waals surface area contributed by atoms with Gasteiger partial charge in [-0.3, -0.25) is 4.79 Å². The quantitative estimate of drug-likeness (QED) is 0.777. The zero-order valence-corrected chi connectivity index (χ0v) is 9.18. The van der Waals surface area contributed by atoms with Crippen molar-refractivity contribution in [3.63, 3.8) is 0 Å². The molecule has 15 heavy (non-hydrogen) atoms. The van der Waals surface area contributed by atoms with E-state index in [1.807, 2.05) is 10.9 Å². The Hall–Kier alpha value is -1.39. The summed E-state index contributed by atoms with van der Waals surface area (Å²) in [5.74, 6) is -0.799. The summed E-state index contributed by atoms with van der Waals surface area (Å²) < 4.78 is 1.83. The van der Waals surface area contributed by atoms with E-state index in [0.717, 1.165) is 18.5 Å². The van der Waals surface area contributed by atoms with Crippen molar-refractivity contribution in [2.45, 2.75) is 45.6 Å². The van der Waals surface area contributed by atoms with E-state index in [-0.39, 0.29) is 6.42 Å². The Bertz CT molecular complexity index is 318. The van der Waals surface area contributed by atoms with Crippen LogP contribution in [0.5, 0.6) is 0 Å². The fourth-order valence-corrected chi connectivity index (χ4v) is 1.50. The highest BCUT2D eigenvalue weighted by Crippen LogP contribution is 2.14. The van der Waals surface area contributed by atoms with Gasteiger partial charge in [0.25, 0.3) is 0 Å². The molecule has 0 aliphatic heterocycles. The molecule has 0 amide bonds. The number of rotatable bonds is 6. The van der Waals surface area contributed by atoms with Crippen LogP contribution in [0.15, 0.2) is 6.20 Å². The Morgan fingerprint density at radius 3 is 2.73 bits per heavy atom. The number of aryl methyl sites for hydroxylation is 1. The average Bonchev–Trinajstić information content (AvgIpc) is 2.65. The first kappa shape index (κ1) is 11.7. The van der Waals surface area contributed by atoms with Crippen molar-refractivity contribution in [1.29, 1.82) is 0 Å². The minimum atomic E-state index is -0.799. The topological polar surface area (TPSA) is 68.0 Å². The predicted molar refractivity (Wildman–Crippen MR) is 55.6 cm³/mol. The summed E-state index contributed by atoms with van der Waals surface area (Å²) in [6, 6.07) is 0.371. The second kappa shape index (κ2) is 5.48. The van der Waals surface area contributed by atoms with E-state index < -0.39 is 5.97 Å². The molecule has 0 aromatic carbocycles. The highest BCUT2D eigenvalue weighted by molar-refractivity contribution is 5.66. The first-order valence-electron chi connectivity index (χ1n) is 5.29. The predicted octanol–water partition coefficient (Wildman–Crippen LogP) is 1.66. The van der Waals surface area contributed by atoms with E-state index in [4.69, 9.17) is 5.11 Å². The van der Waals surface area contributed by atoms with Crippen molar-refractivity contribution >= 4 is 5.97 Å². The van der Waals surface area contributed by atoms with Crippen LogP contribution in [-0.4, -0.2) is 26.1 Å². The summed E-state index contributed by atoms with van der Waals surface area (Å²) in [6.07, 6.45) is 4.44. The van der Waals surface area contributed by atoms with E-state index in [0.29, 0.717) is 12.5 Å². The second-order valence-electron chi connectivity index (χ2n) is 3.55. The highest BCUT2D eigenvalue weighted by atomic mass is 16.4. The smallest absolute Gasteiger partial charge is 0.303 e. The van der Waals surface area contributed by atoms with Crippen molar-refractivity contribution < 1.29 is 9.90 Å². The van der Waals surface area contributed by atoms with Gasteiger partial charge in [0.1, 0.15) is 0 Å². The molecule has 5 nitrogen and oxygen atoms in total. The van der Waals surface area contributed by atoms with Gasteiger partial charge in [0.05, 0.1) is 18.2 Å². The van der Waals surface area contributed by atoms with Gasteiger partial charge in [0.15, 0.2) is 0 Å². The number of carboxylic acid groups (broad SMARTS) is 1. The summed E-state index contributed by atoms with van der Waals surface area (Å²) in [5.41, 5.74) is 0.754. The van der Waals surface area contributed by atoms with Crippen LogP contribution in [0.4, 0.5) is 0 Å². The van der Waals surface area contributed by atoms with Gasteiger partial charge in [-0.15, -0.1) is 5.10 Å². The Kier molecular flexibility index (Phi) is 4.27. The van der Waals surface area contributed by atoms with Gasteiger partial charge in [0.2, 0.25) is 0 Å². The lowest BCUT2D eigenvalue weighted by molar-refractivity contribution is -0.136. The highest BCUT2D eigenvalue weighted by Gasteiger charge is 2.09. The molecule has 0 aliphatic carbocycles. The molecule has 1 rings (SSSR count). The Labute approximate surface area is 89.1 Å². The SMILES string of the molecule is CCC(CC)n1cc(CCC(=O)O)nn1. The van der Waals surface area contributed by atoms with Crippen LogP contribution in [0, 0.1) is 0 Å². The van der Waals surface area contributed by atoms with E-state index >= 15 is 0 Å². The molecule has 0 spiro atoms. The fraction of sp³-hybridized carbons (Fsp3) is 0.700. The number of hydrogen-bond donors (Lipinski definition) is 1. The van der Waals surface area contributed by atoms with E-state index in [9.17, 15) is 4.79 Å². The van der Waals surface area contributed by atoms with Gasteiger partial charge in [-0.25, -0.2) is 4.68 Å². The summed E-state index contributed by atoms with van der Waals surface area (Å²) in [7, 11) is 0. The number of nitrogens with zero attached hydrogens (tertiary/aromatic N) is 3. The number of hydrogen-bond acceptors (Lipinski definition) is 3. The first-order chi connectivity index (χ1) is 7.17. The van der Waals surface area contributed by atoms with Crippen LogP contribution >= 0.6 is 0 Å². The standard InChI is InChI=1S/C10H17N3O2/c1-3-9(4-2)13-7-8(11-12-13)5-6-10(14)15/h7,9H,3-6H2,1-2H3,(H,14,15). The molecule has 1 N–H and O–H groups in total. The normalized spacial score (nSPS) is 10.9. The van der Waals surface area contributed by atoms with Gasteiger partial charge in [-0.2, -0.15) is 0 Å². The molecule has 0 atom stereocenters. The molecule has 0 saturated heterocycles. The fourth-order valence-electron chi connectivity index (χ4n) is 1.50. The first-order valence-corrected chi connectivity index (χ1v) is 5.29. The van der Waals surface area contributed by atoms with Gasteiger partial charge in [-0.05, 0) is 12.8 Å². The van der Waals surface area contributed by atoms with Crippen molar-refractivity contribution in [1.82, 2.24) is 15.0 Å². The molecule has 1 aromatic heterocycles. The van der Waals surface area contributed by atoms with Crippen LogP contribution in [0.2, 0.25) is 0 Å². The molecule has 0 saturated carbocycles. The Balaban J connectivity index is 2.59. The molecule has 0 unspecified atom stereocenters. The lowest BCUT2D eigenvalue weighted by Gasteiger charge is -2.10. The van der Waals surface area contributed by atoms with E-state index in [1.165, 1.54) is 0 Å². The summed E-state index contributed by atoms with van der Waals surface area (Å²) in [5, 5.41) is 16.5. The van der Waals surface area contributed by atoms with Crippen LogP contribution in [0.3, 0.4) is 0 Å². The zero-order chi connectivity index (χ0) is 11.3. The Morgan fingerprint density at radius 2 is 2.20 bits per heavy atom. The largest absolute Gasteiger partial charge is 0.481 e. The molecule has 0 bridgehead atoms. The number of carboxylic acids is 1. The minimum Gasteiger partial charge on any atom is -0.481 e. The monoisotopic (exact) mass is 211 g/mol. The second-order valence-corrected chi connectivity index (χ2v) is 3.55. The molecule has 0 aliphatic rings. The molecule has 1 heterocycles. The van der Waals surface area contributed by atoms with Crippen molar-refractivity contribution in [2.24, 2.45) is 0 Å². The molecular formula is C10H17N3O2. The number of aliphatic carboxylic acids is 1. The lowest BCUT2D eigenvalue weighted by atomic mass is 10.2. The molecule has 5 heteroatoms. The van der Waals surface area contributed by atoms with Crippen LogP contribution in [0.1, 0.15) is 44.8 Å². The van der Waals surface area contributed by atoms with E-state index in [2.05, 4.69) is 24.2 Å². The maximum Gasteiger partial charge on any atom is 0.303 e. The van der Waals surface area contributed by atoms with Crippen LogP contribution in [0.25, 0.3) is 0 Å². The van der Waals surface area contributed by atoms with Crippen molar-refractivity contribution in [2.75, 3.05) is 0 Å². The third kappa shape index (κ3) is 3.34. The third-order valence-corrected chi connectivity index (χ3v) is 2.47. The van der Waals surface area contributed by atoms with Crippen LogP contribution < -0.4 is 0 Å². The van der Waals surface area contributed by atoms with Crippen LogP contribution in [-0.2, 0) is 11.2 Å². The molecular weight excluding hydrogens is 194 g/mol. The minimum absolute atomic E-state index is 0.113. The molecule has 1 aromatic rings. The van der Waals surface area contributed by atoms with Gasteiger partial charge in [0, 0.05) is 12.6 Å². The Morgan fingerprint density at radius 1 is 1.53 bits per heavy atom. The molecule has 84 valence electrons. The third-order valence-electron chi connectivity index (χ3n) is 2.47. The van der Waals surface area contributed by atoms with E-state index in [1.54, 1.807) is 0 Å². The maximum absolute atomic E-state index is 10.4. The lowest BCUT2D eigenvalue weighted by Crippen LogP contribution is -2.07. The van der Waals surface area contributed by atoms with Crippen molar-refractivity contribution in [3.8, 4) is 0 Å². The average molecular weight is 211 g/mol. The summed E-state index contributed by atoms with van der Waals surface area (Å²) in [6.45, 7) is 4.21. The van der Waals surface area contributed by atoms with Crippen molar-refractivity contribution in [3.05, 3.63) is 11.9 Å². The number of aromatic nitrogens is 3. The maximum atomic E-state index is 10.4. The van der Waals surface area contributed by atoms with Gasteiger partial charge in [-0.1, -0.05) is 19.1 Å². The molecule has 0 fully saturated rings. The zero-order valence-electron chi connectivity index (χ0n) is 9.18. The number of carbonyl (C=O) groups is 1. The summed E-state index contributed by atoms with van der Waals surface area (Å²) in [4.78, 5) is 10.4. The van der Waals surface area contributed by atoms with Gasteiger partial charge >= 0.3 is 5.97 Å². The van der Waals surface area contributed by atoms with Gasteiger partial charge < -0.3 is 5.11 Å². The summed E-state index contributed by atoms with van der Waals surface area (Å²) >= 11 is 0. The molecule has 0 radical (unpaired) electrons.